The zero-order valence-corrected chi connectivity index (χ0v) is 64.8. The molecule has 0 amide bonds. The van der Waals surface area contributed by atoms with E-state index in [1.807, 2.05) is 231 Å². The maximum absolute atomic E-state index is 4.53. The van der Waals surface area contributed by atoms with E-state index in [4.69, 9.17) is 0 Å². The molecule has 3 radical (unpaired) electrons. The number of nitrogens with zero attached hydrogens (tertiary/aromatic N) is 6. The van der Waals surface area contributed by atoms with E-state index in [1.165, 1.54) is 137 Å². The van der Waals surface area contributed by atoms with Gasteiger partial charge in [0.2, 0.25) is 0 Å². The third-order valence-corrected chi connectivity index (χ3v) is 18.0. The second kappa shape index (κ2) is 40.6. The minimum atomic E-state index is 0. The number of hydrogen-bond donors (Lipinski definition) is 0. The first-order valence-electron chi connectivity index (χ1n) is 34.9. The predicted molar refractivity (Wildman–Crippen MR) is 413 cm³/mol. The molecule has 6 heterocycles. The van der Waals surface area contributed by atoms with Crippen LogP contribution in [0.4, 0.5) is 0 Å². The molecule has 3 aliphatic carbocycles. The van der Waals surface area contributed by atoms with Crippen LogP contribution in [0.2, 0.25) is 0 Å². The van der Waals surface area contributed by atoms with E-state index >= 15 is 0 Å². The molecular weight excluding hydrogens is 1800 g/mol. The first-order valence-corrected chi connectivity index (χ1v) is 34.9. The molecule has 104 heavy (non-hydrogen) atoms. The van der Waals surface area contributed by atoms with Crippen molar-refractivity contribution in [3.05, 3.63) is 398 Å². The number of aromatic nitrogens is 6. The average Bonchev–Trinajstić information content (AvgIpc) is 1.63. The molecule has 0 aliphatic heterocycles. The van der Waals surface area contributed by atoms with Crippen LogP contribution in [0.25, 0.3) is 101 Å². The Labute approximate surface area is 654 Å². The Morgan fingerprint density at radius 2 is 0.500 bits per heavy atom. The SMILES string of the molecule is [Ir].[Ir].[Ir].[c-]1ccccc1-c1cc(-c2ccccc2)ccn1.[c-]1ccccc1-c1cc(-c2ccccc2)ccn1.[c-]1ccccc1-c1cc(-c2ccccc2)ccn1.[c-]1ccccc1-c1cc2c(cn1)CCCC2.[c-]1ccccc1-c1nccc2c1CCC2.[c-]1ccccc1-c1nccc2c1CCCC2. The molecule has 9 heteroatoms. The van der Waals surface area contributed by atoms with Crippen LogP contribution in [0.5, 0.6) is 0 Å². The molecule has 9 aromatic carbocycles. The van der Waals surface area contributed by atoms with Gasteiger partial charge in [0.25, 0.3) is 0 Å². The molecule has 0 fully saturated rings. The molecule has 0 bridgehead atoms. The van der Waals surface area contributed by atoms with Crippen LogP contribution in [-0.2, 0) is 98.8 Å². The van der Waals surface area contributed by atoms with E-state index in [2.05, 4.69) is 163 Å². The van der Waals surface area contributed by atoms with Gasteiger partial charge in [0.1, 0.15) is 0 Å². The Morgan fingerprint density at radius 3 is 0.856 bits per heavy atom. The third kappa shape index (κ3) is 21.2. The van der Waals surface area contributed by atoms with Crippen LogP contribution in [-0.4, -0.2) is 29.9 Å². The molecule has 0 atom stereocenters. The van der Waals surface area contributed by atoms with E-state index in [1.54, 1.807) is 0 Å². The maximum Gasteiger partial charge on any atom is 0.0195 e. The molecule has 0 unspecified atom stereocenters. The van der Waals surface area contributed by atoms with Gasteiger partial charge in [0.05, 0.1) is 0 Å². The molecule has 6 nitrogen and oxygen atoms in total. The van der Waals surface area contributed by atoms with Gasteiger partial charge in [0, 0.05) is 97.5 Å². The van der Waals surface area contributed by atoms with Gasteiger partial charge in [-0.15, -0.1) is 215 Å². The molecule has 0 spiro atoms. The third-order valence-electron chi connectivity index (χ3n) is 18.0. The molecule has 3 aliphatic rings. The van der Waals surface area contributed by atoms with E-state index in [-0.39, 0.29) is 60.3 Å². The largest absolute Gasteiger partial charge is 0.305 e. The minimum absolute atomic E-state index is 0. The van der Waals surface area contributed by atoms with Gasteiger partial charge in [-0.25, -0.2) is 0 Å². The van der Waals surface area contributed by atoms with Crippen molar-refractivity contribution < 1.29 is 60.3 Å². The Balaban J connectivity index is 0.000000133. The molecule has 0 saturated carbocycles. The van der Waals surface area contributed by atoms with Gasteiger partial charge < -0.3 is 29.9 Å². The van der Waals surface area contributed by atoms with Gasteiger partial charge >= 0.3 is 0 Å². The fraction of sp³-hybridized carbons (Fsp3) is 0.116. The van der Waals surface area contributed by atoms with Crippen molar-refractivity contribution in [2.24, 2.45) is 0 Å². The summed E-state index contributed by atoms with van der Waals surface area (Å²) in [6.07, 6.45) is 25.1. The summed E-state index contributed by atoms with van der Waals surface area (Å²) in [4.78, 5) is 26.8. The summed E-state index contributed by atoms with van der Waals surface area (Å²) < 4.78 is 0. The summed E-state index contributed by atoms with van der Waals surface area (Å²) in [5.74, 6) is 0. The fourth-order valence-corrected chi connectivity index (χ4v) is 12.8. The second-order valence-electron chi connectivity index (χ2n) is 24.7. The number of pyridine rings is 6. The maximum atomic E-state index is 4.53. The monoisotopic (exact) mass is 1880 g/mol. The van der Waals surface area contributed by atoms with Crippen molar-refractivity contribution in [1.82, 2.24) is 29.9 Å². The van der Waals surface area contributed by atoms with Crippen LogP contribution in [0, 0.1) is 36.4 Å². The molecule has 0 N–H and O–H groups in total. The molecule has 15 aromatic rings. The summed E-state index contributed by atoms with van der Waals surface area (Å²) >= 11 is 0. The molecule has 18 rings (SSSR count). The first kappa shape index (κ1) is 76.5. The molecule has 519 valence electrons. The number of hydrogen-bond acceptors (Lipinski definition) is 6. The molecular formula is C95H76Ir3N6-6. The van der Waals surface area contributed by atoms with Crippen LogP contribution in [0.3, 0.4) is 0 Å². The van der Waals surface area contributed by atoms with E-state index in [0.29, 0.717) is 0 Å². The number of rotatable bonds is 9. The first-order chi connectivity index (χ1) is 50.1. The number of fused-ring (bicyclic) bond motifs is 3. The van der Waals surface area contributed by atoms with Crippen molar-refractivity contribution in [2.45, 2.75) is 70.6 Å². The Hall–Kier alpha value is -10.2. The summed E-state index contributed by atoms with van der Waals surface area (Å²) in [5, 5.41) is 0. The van der Waals surface area contributed by atoms with Crippen LogP contribution >= 0.6 is 0 Å². The Bertz CT molecular complexity index is 4560. The van der Waals surface area contributed by atoms with Crippen molar-refractivity contribution >= 4 is 0 Å². The number of benzene rings is 9. The smallest absolute Gasteiger partial charge is 0.0195 e. The normalized spacial score (nSPS) is 11.8. The molecule has 0 saturated heterocycles. The van der Waals surface area contributed by atoms with Crippen molar-refractivity contribution in [2.75, 3.05) is 0 Å². The van der Waals surface area contributed by atoms with Gasteiger partial charge in [0.15, 0.2) is 0 Å². The second-order valence-corrected chi connectivity index (χ2v) is 24.7. The van der Waals surface area contributed by atoms with Crippen molar-refractivity contribution in [1.29, 1.82) is 0 Å². The van der Waals surface area contributed by atoms with Gasteiger partial charge in [-0.1, -0.05) is 143 Å². The number of aryl methyl sites for hydroxylation is 4. The average molecular weight is 1880 g/mol. The molecule has 6 aromatic heterocycles. The van der Waals surface area contributed by atoms with Gasteiger partial charge in [-0.05, 0) is 174 Å². The van der Waals surface area contributed by atoms with Crippen LogP contribution < -0.4 is 0 Å². The summed E-state index contributed by atoms with van der Waals surface area (Å²) in [6, 6.07) is 117. The fourth-order valence-electron chi connectivity index (χ4n) is 12.8. The zero-order valence-electron chi connectivity index (χ0n) is 57.6. The van der Waals surface area contributed by atoms with Gasteiger partial charge in [-0.2, -0.15) is 0 Å². The summed E-state index contributed by atoms with van der Waals surface area (Å²) in [6.45, 7) is 0. The quantitative estimate of drug-likeness (QED) is 0.134. The Kier molecular flexibility index (Phi) is 29.9. The van der Waals surface area contributed by atoms with E-state index in [9.17, 15) is 0 Å². The van der Waals surface area contributed by atoms with Crippen LogP contribution in [0.15, 0.2) is 328 Å². The van der Waals surface area contributed by atoms with E-state index < -0.39 is 0 Å². The van der Waals surface area contributed by atoms with Gasteiger partial charge in [-0.3, -0.25) is 0 Å². The van der Waals surface area contributed by atoms with Crippen molar-refractivity contribution in [3.63, 3.8) is 0 Å². The Morgan fingerprint density at radius 1 is 0.212 bits per heavy atom. The topological polar surface area (TPSA) is 77.3 Å². The van der Waals surface area contributed by atoms with Crippen molar-refractivity contribution in [3.8, 4) is 101 Å². The minimum Gasteiger partial charge on any atom is -0.305 e. The predicted octanol–water partition coefficient (Wildman–Crippen LogP) is 22.5. The zero-order chi connectivity index (χ0) is 68.3. The summed E-state index contributed by atoms with van der Waals surface area (Å²) in [7, 11) is 0. The van der Waals surface area contributed by atoms with Crippen LogP contribution in [0.1, 0.15) is 65.5 Å². The summed E-state index contributed by atoms with van der Waals surface area (Å²) in [5.41, 5.74) is 28.5. The van der Waals surface area contributed by atoms with E-state index in [0.717, 1.165) is 67.5 Å². The standard InChI is InChI=1S/3C17H12N.2C15H14N.C14H12N.3Ir/c3*1-3-7-14(8-4-1)16-11-12-18-17(13-16)15-9-5-2-6-10-15;1-2-7-13(8-3-1)15-14-9-5-4-6-12(14)10-11-16-15;1-2-6-12(7-3-1)15-10-13-8-4-5-9-14(13)11-16-15;1-2-5-12(6-3-1)14-13-8-4-7-11(13)9-10-15-14;;;/h3*1-9,11-13H;1-3,7,10-11H,4-6,9H2;1-3,6,10-11H,4-5,8-9H2;1-3,5,9-10H,4,7-8H2;;;/q6*-1;;;.